The van der Waals surface area contributed by atoms with Crippen molar-refractivity contribution < 1.29 is 19.7 Å². The number of carboxylic acids is 1. The van der Waals surface area contributed by atoms with Crippen LogP contribution in [-0.4, -0.2) is 35.0 Å². The molecule has 4 nitrogen and oxygen atoms in total. The molecule has 14 heavy (non-hydrogen) atoms. The standard InChI is InChI=1S/C10H16O4/c11-8(12)9(3-4-9)10(13)2-1-6-14-7-5-10/h13H,1-7H2,(H,11,12). The predicted octanol–water partition coefficient (Wildman–Crippen LogP) is 0.783. The largest absolute Gasteiger partial charge is 0.481 e. The molecule has 4 heteroatoms. The average Bonchev–Trinajstić information content (AvgIpc) is 2.87. The summed E-state index contributed by atoms with van der Waals surface area (Å²) in [6.45, 7) is 1.11. The van der Waals surface area contributed by atoms with Crippen molar-refractivity contribution >= 4 is 5.97 Å². The molecule has 1 aliphatic carbocycles. The fourth-order valence-electron chi connectivity index (χ4n) is 2.42. The van der Waals surface area contributed by atoms with Crippen LogP contribution in [-0.2, 0) is 9.53 Å². The van der Waals surface area contributed by atoms with Gasteiger partial charge in [0.1, 0.15) is 0 Å². The van der Waals surface area contributed by atoms with Crippen LogP contribution in [0.15, 0.2) is 0 Å². The summed E-state index contributed by atoms with van der Waals surface area (Å²) in [5.74, 6) is -0.845. The molecule has 1 atom stereocenters. The molecule has 2 fully saturated rings. The van der Waals surface area contributed by atoms with E-state index in [4.69, 9.17) is 9.84 Å². The number of hydrogen-bond donors (Lipinski definition) is 2. The van der Waals surface area contributed by atoms with E-state index in [0.29, 0.717) is 38.9 Å². The van der Waals surface area contributed by atoms with Crippen LogP contribution >= 0.6 is 0 Å². The molecule has 1 aliphatic heterocycles. The van der Waals surface area contributed by atoms with Gasteiger partial charge in [-0.2, -0.15) is 0 Å². The maximum absolute atomic E-state index is 11.1. The molecular weight excluding hydrogens is 184 g/mol. The van der Waals surface area contributed by atoms with Crippen LogP contribution in [0, 0.1) is 5.41 Å². The summed E-state index contributed by atoms with van der Waals surface area (Å²) in [4.78, 5) is 11.1. The molecule has 0 bridgehead atoms. The van der Waals surface area contributed by atoms with Crippen LogP contribution in [0.4, 0.5) is 0 Å². The Morgan fingerprint density at radius 1 is 1.14 bits per heavy atom. The van der Waals surface area contributed by atoms with Crippen LogP contribution < -0.4 is 0 Å². The molecule has 1 heterocycles. The van der Waals surface area contributed by atoms with Crippen molar-refractivity contribution in [2.75, 3.05) is 13.2 Å². The van der Waals surface area contributed by atoms with Gasteiger partial charge in [-0.1, -0.05) is 0 Å². The van der Waals surface area contributed by atoms with Gasteiger partial charge in [0, 0.05) is 19.6 Å². The SMILES string of the molecule is O=C(O)C1(C2(O)CCCOCC2)CC1. The normalized spacial score (nSPS) is 36.1. The fraction of sp³-hybridized carbons (Fsp3) is 0.900. The minimum absolute atomic E-state index is 0.458. The summed E-state index contributed by atoms with van der Waals surface area (Å²) in [5.41, 5.74) is -1.89. The second kappa shape index (κ2) is 3.21. The minimum Gasteiger partial charge on any atom is -0.481 e. The van der Waals surface area contributed by atoms with E-state index in [9.17, 15) is 9.90 Å². The first kappa shape index (κ1) is 9.93. The van der Waals surface area contributed by atoms with Gasteiger partial charge in [0.05, 0.1) is 11.0 Å². The van der Waals surface area contributed by atoms with E-state index in [1.165, 1.54) is 0 Å². The van der Waals surface area contributed by atoms with E-state index in [1.54, 1.807) is 0 Å². The molecule has 0 spiro atoms. The van der Waals surface area contributed by atoms with E-state index < -0.39 is 17.0 Å². The van der Waals surface area contributed by atoms with Crippen LogP contribution in [0.2, 0.25) is 0 Å². The van der Waals surface area contributed by atoms with E-state index >= 15 is 0 Å². The van der Waals surface area contributed by atoms with Crippen LogP contribution in [0.1, 0.15) is 32.1 Å². The first-order valence-corrected chi connectivity index (χ1v) is 5.14. The Morgan fingerprint density at radius 3 is 2.43 bits per heavy atom. The number of aliphatic carboxylic acids is 1. The van der Waals surface area contributed by atoms with Gasteiger partial charge in [-0.15, -0.1) is 0 Å². The highest BCUT2D eigenvalue weighted by Crippen LogP contribution is 2.57. The van der Waals surface area contributed by atoms with E-state index in [0.717, 1.165) is 6.42 Å². The van der Waals surface area contributed by atoms with Gasteiger partial charge in [-0.05, 0) is 25.7 Å². The number of hydrogen-bond acceptors (Lipinski definition) is 3. The zero-order chi connectivity index (χ0) is 10.2. The van der Waals surface area contributed by atoms with Crippen molar-refractivity contribution in [2.24, 2.45) is 5.41 Å². The number of ether oxygens (including phenoxy) is 1. The molecule has 0 radical (unpaired) electrons. The Bertz CT molecular complexity index is 237. The monoisotopic (exact) mass is 200 g/mol. The third-order valence-electron chi connectivity index (χ3n) is 3.59. The topological polar surface area (TPSA) is 66.8 Å². The lowest BCUT2D eigenvalue weighted by Crippen LogP contribution is -2.44. The quantitative estimate of drug-likeness (QED) is 0.691. The number of aliphatic hydroxyl groups is 1. The molecule has 1 saturated heterocycles. The third-order valence-corrected chi connectivity index (χ3v) is 3.59. The van der Waals surface area contributed by atoms with Crippen molar-refractivity contribution in [2.45, 2.75) is 37.7 Å². The zero-order valence-electron chi connectivity index (χ0n) is 8.16. The zero-order valence-corrected chi connectivity index (χ0v) is 8.16. The summed E-state index contributed by atoms with van der Waals surface area (Å²) in [6.07, 6.45) is 2.99. The number of carbonyl (C=O) groups is 1. The maximum Gasteiger partial charge on any atom is 0.312 e. The lowest BCUT2D eigenvalue weighted by molar-refractivity contribution is -0.157. The van der Waals surface area contributed by atoms with E-state index in [1.807, 2.05) is 0 Å². The maximum atomic E-state index is 11.1. The predicted molar refractivity (Wildman–Crippen MR) is 48.9 cm³/mol. The van der Waals surface area contributed by atoms with Gasteiger partial charge in [-0.3, -0.25) is 4.79 Å². The number of rotatable bonds is 2. The van der Waals surface area contributed by atoms with Crippen LogP contribution in [0.5, 0.6) is 0 Å². The number of carboxylic acid groups (broad SMARTS) is 1. The molecule has 1 unspecified atom stereocenters. The van der Waals surface area contributed by atoms with E-state index in [2.05, 4.69) is 0 Å². The van der Waals surface area contributed by atoms with Crippen LogP contribution in [0.25, 0.3) is 0 Å². The first-order valence-electron chi connectivity index (χ1n) is 5.14. The van der Waals surface area contributed by atoms with Crippen molar-refractivity contribution in [3.63, 3.8) is 0 Å². The molecule has 0 aromatic rings. The Hall–Kier alpha value is -0.610. The van der Waals surface area contributed by atoms with Gasteiger partial charge in [0.2, 0.25) is 0 Å². The Labute approximate surface area is 82.9 Å². The van der Waals surface area contributed by atoms with Crippen molar-refractivity contribution in [3.8, 4) is 0 Å². The molecular formula is C10H16O4. The second-order valence-electron chi connectivity index (χ2n) is 4.38. The molecule has 80 valence electrons. The summed E-state index contributed by atoms with van der Waals surface area (Å²) >= 11 is 0. The highest BCUT2D eigenvalue weighted by molar-refractivity contribution is 5.79. The second-order valence-corrected chi connectivity index (χ2v) is 4.38. The Morgan fingerprint density at radius 2 is 1.86 bits per heavy atom. The van der Waals surface area contributed by atoms with E-state index in [-0.39, 0.29) is 0 Å². The van der Waals surface area contributed by atoms with Crippen molar-refractivity contribution in [1.82, 2.24) is 0 Å². The van der Waals surface area contributed by atoms with Gasteiger partial charge in [-0.25, -0.2) is 0 Å². The molecule has 2 N–H and O–H groups in total. The summed E-state index contributed by atoms with van der Waals surface area (Å²) in [6, 6.07) is 0. The molecule has 0 aromatic carbocycles. The summed E-state index contributed by atoms with van der Waals surface area (Å²) in [7, 11) is 0. The third kappa shape index (κ3) is 1.33. The Balaban J connectivity index is 2.17. The summed E-state index contributed by atoms with van der Waals surface area (Å²) < 4.78 is 5.24. The van der Waals surface area contributed by atoms with Gasteiger partial charge < -0.3 is 14.9 Å². The van der Waals surface area contributed by atoms with Gasteiger partial charge in [0.25, 0.3) is 0 Å². The van der Waals surface area contributed by atoms with Crippen molar-refractivity contribution in [3.05, 3.63) is 0 Å². The smallest absolute Gasteiger partial charge is 0.312 e. The molecule has 2 aliphatic rings. The molecule has 2 rings (SSSR count). The molecule has 1 saturated carbocycles. The first-order chi connectivity index (χ1) is 6.61. The fourth-order valence-corrected chi connectivity index (χ4v) is 2.42. The Kier molecular flexibility index (Phi) is 2.27. The van der Waals surface area contributed by atoms with Gasteiger partial charge >= 0.3 is 5.97 Å². The van der Waals surface area contributed by atoms with Crippen molar-refractivity contribution in [1.29, 1.82) is 0 Å². The van der Waals surface area contributed by atoms with Gasteiger partial charge in [0.15, 0.2) is 0 Å². The highest BCUT2D eigenvalue weighted by atomic mass is 16.5. The molecule has 0 aromatic heterocycles. The lowest BCUT2D eigenvalue weighted by Gasteiger charge is -2.32. The lowest BCUT2D eigenvalue weighted by atomic mass is 9.78. The minimum atomic E-state index is -1.03. The summed E-state index contributed by atoms with van der Waals surface area (Å²) in [5, 5.41) is 19.5. The highest BCUT2D eigenvalue weighted by Gasteiger charge is 2.63. The molecule has 0 amide bonds. The average molecular weight is 200 g/mol. The van der Waals surface area contributed by atoms with Crippen LogP contribution in [0.3, 0.4) is 0 Å².